The van der Waals surface area contributed by atoms with E-state index in [0.717, 1.165) is 28.0 Å². The first-order chi connectivity index (χ1) is 12.9. The topological polar surface area (TPSA) is 44.2 Å². The van der Waals surface area contributed by atoms with Gasteiger partial charge in [0, 0.05) is 12.4 Å². The van der Waals surface area contributed by atoms with Gasteiger partial charge in [0.2, 0.25) is 0 Å². The van der Waals surface area contributed by atoms with E-state index in [1.54, 1.807) is 6.20 Å². The standard InChI is InChI=1S/C22H23BN2O2/c1-21(2)22(3,4)27-23(26-21)18-10-6-5-9-17(18)16-12-13-20(25-15-16)19-11-7-8-14-24-19/h5-15H,1-4H3. The Balaban J connectivity index is 1.68. The van der Waals surface area contributed by atoms with Crippen LogP contribution < -0.4 is 5.46 Å². The average Bonchev–Trinajstić information content (AvgIpc) is 2.90. The van der Waals surface area contributed by atoms with Gasteiger partial charge in [-0.1, -0.05) is 36.4 Å². The third kappa shape index (κ3) is 3.29. The summed E-state index contributed by atoms with van der Waals surface area (Å²) in [6.45, 7) is 8.27. The van der Waals surface area contributed by atoms with Crippen LogP contribution in [-0.4, -0.2) is 28.3 Å². The summed E-state index contributed by atoms with van der Waals surface area (Å²) >= 11 is 0. The van der Waals surface area contributed by atoms with Crippen molar-refractivity contribution in [3.05, 3.63) is 67.0 Å². The molecule has 0 radical (unpaired) electrons. The molecule has 1 saturated heterocycles. The van der Waals surface area contributed by atoms with Crippen molar-refractivity contribution in [2.24, 2.45) is 0 Å². The predicted molar refractivity (Wildman–Crippen MR) is 109 cm³/mol. The number of rotatable bonds is 3. The monoisotopic (exact) mass is 358 g/mol. The molecule has 1 aliphatic rings. The molecule has 4 nitrogen and oxygen atoms in total. The van der Waals surface area contributed by atoms with Gasteiger partial charge in [0.1, 0.15) is 0 Å². The molecule has 3 aromatic rings. The molecule has 0 saturated carbocycles. The molecule has 0 spiro atoms. The van der Waals surface area contributed by atoms with E-state index < -0.39 is 7.12 Å². The molecule has 0 N–H and O–H groups in total. The van der Waals surface area contributed by atoms with Crippen LogP contribution in [0.4, 0.5) is 0 Å². The second-order valence-electron chi connectivity index (χ2n) is 7.82. The lowest BCUT2D eigenvalue weighted by atomic mass is 9.74. The summed E-state index contributed by atoms with van der Waals surface area (Å²) in [5, 5.41) is 0. The number of hydrogen-bond acceptors (Lipinski definition) is 4. The van der Waals surface area contributed by atoms with Crippen LogP contribution in [0.1, 0.15) is 27.7 Å². The Morgan fingerprint density at radius 2 is 1.41 bits per heavy atom. The smallest absolute Gasteiger partial charge is 0.399 e. The molecule has 3 heterocycles. The van der Waals surface area contributed by atoms with E-state index in [0.29, 0.717) is 0 Å². The third-order valence-corrected chi connectivity index (χ3v) is 5.47. The van der Waals surface area contributed by atoms with Crippen LogP contribution in [0.3, 0.4) is 0 Å². The van der Waals surface area contributed by atoms with E-state index >= 15 is 0 Å². The third-order valence-electron chi connectivity index (χ3n) is 5.47. The van der Waals surface area contributed by atoms with Crippen molar-refractivity contribution in [2.75, 3.05) is 0 Å². The van der Waals surface area contributed by atoms with Crippen LogP contribution in [0, 0.1) is 0 Å². The fourth-order valence-corrected chi connectivity index (χ4v) is 3.15. The predicted octanol–water partition coefficient (Wildman–Crippen LogP) is 4.11. The zero-order chi connectivity index (χ0) is 19.1. The number of pyridine rings is 2. The van der Waals surface area contributed by atoms with Gasteiger partial charge in [0.05, 0.1) is 22.6 Å². The molecule has 2 aromatic heterocycles. The Morgan fingerprint density at radius 3 is 2.04 bits per heavy atom. The quantitative estimate of drug-likeness (QED) is 0.661. The molecule has 4 rings (SSSR count). The molecule has 0 unspecified atom stereocenters. The van der Waals surface area contributed by atoms with Crippen molar-refractivity contribution >= 4 is 12.6 Å². The van der Waals surface area contributed by atoms with Gasteiger partial charge >= 0.3 is 7.12 Å². The fraction of sp³-hybridized carbons (Fsp3) is 0.273. The molecule has 0 bridgehead atoms. The van der Waals surface area contributed by atoms with Crippen molar-refractivity contribution < 1.29 is 9.31 Å². The van der Waals surface area contributed by atoms with Gasteiger partial charge in [-0.25, -0.2) is 0 Å². The fourth-order valence-electron chi connectivity index (χ4n) is 3.15. The minimum Gasteiger partial charge on any atom is -0.399 e. The van der Waals surface area contributed by atoms with Crippen LogP contribution in [0.5, 0.6) is 0 Å². The van der Waals surface area contributed by atoms with Gasteiger partial charge in [0.15, 0.2) is 0 Å². The molecular formula is C22H23BN2O2. The SMILES string of the molecule is CC1(C)OB(c2ccccc2-c2ccc(-c3ccccn3)nc2)OC1(C)C. The molecule has 1 fully saturated rings. The maximum atomic E-state index is 6.25. The lowest BCUT2D eigenvalue weighted by molar-refractivity contribution is 0.00578. The maximum Gasteiger partial charge on any atom is 0.495 e. The Hall–Kier alpha value is -2.50. The second-order valence-corrected chi connectivity index (χ2v) is 7.82. The molecule has 0 amide bonds. The first-order valence-corrected chi connectivity index (χ1v) is 9.20. The van der Waals surface area contributed by atoms with E-state index in [1.807, 2.05) is 42.6 Å². The maximum absolute atomic E-state index is 6.25. The van der Waals surface area contributed by atoms with Gasteiger partial charge in [-0.05, 0) is 62.5 Å². The van der Waals surface area contributed by atoms with Crippen LogP contribution in [0.25, 0.3) is 22.5 Å². The van der Waals surface area contributed by atoms with Gasteiger partial charge in [-0.3, -0.25) is 9.97 Å². The average molecular weight is 358 g/mol. The van der Waals surface area contributed by atoms with Crippen LogP contribution in [0.15, 0.2) is 67.0 Å². The van der Waals surface area contributed by atoms with Gasteiger partial charge < -0.3 is 9.31 Å². The molecule has 1 aliphatic heterocycles. The lowest BCUT2D eigenvalue weighted by Crippen LogP contribution is -2.41. The van der Waals surface area contributed by atoms with Gasteiger partial charge in [-0.2, -0.15) is 0 Å². The summed E-state index contributed by atoms with van der Waals surface area (Å²) in [5.74, 6) is 0. The Bertz CT molecular complexity index is 924. The van der Waals surface area contributed by atoms with E-state index in [-0.39, 0.29) is 11.2 Å². The minimum atomic E-state index is -0.401. The molecule has 5 heteroatoms. The largest absolute Gasteiger partial charge is 0.495 e. The Morgan fingerprint density at radius 1 is 0.741 bits per heavy atom. The minimum absolute atomic E-state index is 0.369. The second kappa shape index (κ2) is 6.59. The number of nitrogens with zero attached hydrogens (tertiary/aromatic N) is 2. The molecule has 0 atom stereocenters. The molecule has 0 aliphatic carbocycles. The highest BCUT2D eigenvalue weighted by Gasteiger charge is 2.52. The molecule has 27 heavy (non-hydrogen) atoms. The summed E-state index contributed by atoms with van der Waals surface area (Å²) in [6.07, 6.45) is 3.66. The van der Waals surface area contributed by atoms with Crippen molar-refractivity contribution in [2.45, 2.75) is 38.9 Å². The normalized spacial score (nSPS) is 17.9. The van der Waals surface area contributed by atoms with Crippen LogP contribution >= 0.6 is 0 Å². The number of benzene rings is 1. The first-order valence-electron chi connectivity index (χ1n) is 9.20. The first kappa shape index (κ1) is 17.9. The van der Waals surface area contributed by atoms with Crippen molar-refractivity contribution in [1.82, 2.24) is 9.97 Å². The van der Waals surface area contributed by atoms with E-state index in [1.165, 1.54) is 0 Å². The lowest BCUT2D eigenvalue weighted by Gasteiger charge is -2.32. The summed E-state index contributed by atoms with van der Waals surface area (Å²) in [5.41, 5.74) is 4.09. The summed E-state index contributed by atoms with van der Waals surface area (Å²) in [7, 11) is -0.401. The van der Waals surface area contributed by atoms with E-state index in [2.05, 4.69) is 55.9 Å². The number of hydrogen-bond donors (Lipinski definition) is 0. The van der Waals surface area contributed by atoms with Crippen LogP contribution in [0.2, 0.25) is 0 Å². The van der Waals surface area contributed by atoms with E-state index in [9.17, 15) is 0 Å². The Labute approximate surface area is 160 Å². The zero-order valence-corrected chi connectivity index (χ0v) is 16.1. The summed E-state index contributed by atoms with van der Waals surface area (Å²) < 4.78 is 12.5. The zero-order valence-electron chi connectivity index (χ0n) is 16.1. The Kier molecular flexibility index (Phi) is 4.37. The highest BCUT2D eigenvalue weighted by Crippen LogP contribution is 2.37. The number of aromatic nitrogens is 2. The van der Waals surface area contributed by atoms with Crippen molar-refractivity contribution in [3.63, 3.8) is 0 Å². The molecular weight excluding hydrogens is 335 g/mol. The van der Waals surface area contributed by atoms with Crippen molar-refractivity contribution in [3.8, 4) is 22.5 Å². The molecule has 1 aromatic carbocycles. The van der Waals surface area contributed by atoms with Gasteiger partial charge in [0.25, 0.3) is 0 Å². The van der Waals surface area contributed by atoms with Gasteiger partial charge in [-0.15, -0.1) is 0 Å². The van der Waals surface area contributed by atoms with Crippen molar-refractivity contribution in [1.29, 1.82) is 0 Å². The summed E-state index contributed by atoms with van der Waals surface area (Å²) in [6, 6.07) is 18.1. The highest BCUT2D eigenvalue weighted by atomic mass is 16.7. The highest BCUT2D eigenvalue weighted by molar-refractivity contribution is 6.63. The van der Waals surface area contributed by atoms with Crippen LogP contribution in [-0.2, 0) is 9.31 Å². The summed E-state index contributed by atoms with van der Waals surface area (Å²) in [4.78, 5) is 8.97. The van der Waals surface area contributed by atoms with E-state index in [4.69, 9.17) is 9.31 Å². The molecule has 136 valence electrons.